The molecule has 0 radical (unpaired) electrons. The maximum atomic E-state index is 4.91. The van der Waals surface area contributed by atoms with Crippen molar-refractivity contribution in [2.75, 3.05) is 29.5 Å². The van der Waals surface area contributed by atoms with Crippen molar-refractivity contribution in [3.63, 3.8) is 0 Å². The summed E-state index contributed by atoms with van der Waals surface area (Å²) < 4.78 is 0. The van der Waals surface area contributed by atoms with Crippen LogP contribution in [-0.2, 0) is 6.54 Å². The lowest BCUT2D eigenvalue weighted by Crippen LogP contribution is -2.27. The fraction of sp³-hybridized carbons (Fsp3) is 0.706. The largest absolute Gasteiger partial charge is 0.356 e. The zero-order valence-corrected chi connectivity index (χ0v) is 14.7. The van der Waals surface area contributed by atoms with Gasteiger partial charge in [0, 0.05) is 37.1 Å². The maximum Gasteiger partial charge on any atom is 0.129 e. The van der Waals surface area contributed by atoms with Crippen molar-refractivity contribution in [2.24, 2.45) is 0 Å². The van der Waals surface area contributed by atoms with Gasteiger partial charge in [0.15, 0.2) is 0 Å². The van der Waals surface area contributed by atoms with Gasteiger partial charge in [0.2, 0.25) is 0 Å². The fourth-order valence-corrected chi connectivity index (χ4v) is 3.34. The van der Waals surface area contributed by atoms with E-state index in [-0.39, 0.29) is 0 Å². The number of pyridine rings is 1. The third-order valence-electron chi connectivity index (χ3n) is 3.74. The molecule has 0 amide bonds. The first-order valence-corrected chi connectivity index (χ1v) is 9.28. The van der Waals surface area contributed by atoms with Crippen LogP contribution in [0, 0.1) is 0 Å². The molecule has 0 unspecified atom stereocenters. The van der Waals surface area contributed by atoms with Crippen LogP contribution < -0.4 is 10.2 Å². The molecule has 1 fully saturated rings. The van der Waals surface area contributed by atoms with Gasteiger partial charge in [-0.15, -0.1) is 0 Å². The van der Waals surface area contributed by atoms with E-state index >= 15 is 0 Å². The minimum Gasteiger partial charge on any atom is -0.356 e. The lowest BCUT2D eigenvalue weighted by molar-refractivity contribution is 0.587. The number of hydrogen-bond donors (Lipinski definition) is 1. The van der Waals surface area contributed by atoms with Crippen molar-refractivity contribution in [3.05, 3.63) is 23.4 Å². The first-order valence-electron chi connectivity index (χ1n) is 8.13. The van der Waals surface area contributed by atoms with Crippen LogP contribution in [0.25, 0.3) is 0 Å². The van der Waals surface area contributed by atoms with Crippen molar-refractivity contribution < 1.29 is 0 Å². The molecule has 3 nitrogen and oxygen atoms in total. The molecule has 0 aromatic carbocycles. The first-order chi connectivity index (χ1) is 10.1. The van der Waals surface area contributed by atoms with Crippen molar-refractivity contribution in [1.82, 2.24) is 10.3 Å². The molecule has 1 aliphatic rings. The Morgan fingerprint density at radius 1 is 1.19 bits per heavy atom. The van der Waals surface area contributed by atoms with E-state index in [4.69, 9.17) is 4.98 Å². The number of nitrogens with zero attached hydrogens (tertiary/aromatic N) is 2. The average Bonchev–Trinajstić information content (AvgIpc) is 2.73. The third kappa shape index (κ3) is 5.19. The topological polar surface area (TPSA) is 28.2 Å². The highest BCUT2D eigenvalue weighted by Gasteiger charge is 2.14. The van der Waals surface area contributed by atoms with Gasteiger partial charge in [0.1, 0.15) is 5.82 Å². The Morgan fingerprint density at radius 2 is 2.00 bits per heavy atom. The van der Waals surface area contributed by atoms with Crippen molar-refractivity contribution in [3.8, 4) is 0 Å². The molecular formula is C17H29N3S. The van der Waals surface area contributed by atoms with Gasteiger partial charge < -0.3 is 10.2 Å². The van der Waals surface area contributed by atoms with Crippen LogP contribution in [0.1, 0.15) is 51.3 Å². The van der Waals surface area contributed by atoms with E-state index in [0.717, 1.165) is 19.6 Å². The summed E-state index contributed by atoms with van der Waals surface area (Å²) in [5.41, 5.74) is 2.57. The molecule has 0 aliphatic carbocycles. The molecule has 0 bridgehead atoms. The summed E-state index contributed by atoms with van der Waals surface area (Å²) in [6, 6.07) is 5.05. The highest BCUT2D eigenvalue weighted by Crippen LogP contribution is 2.22. The molecule has 1 N–H and O–H groups in total. The zero-order chi connectivity index (χ0) is 15.2. The van der Waals surface area contributed by atoms with Gasteiger partial charge in [-0.2, -0.15) is 11.8 Å². The van der Waals surface area contributed by atoms with E-state index in [1.807, 2.05) is 0 Å². The van der Waals surface area contributed by atoms with Crippen LogP contribution in [0.5, 0.6) is 0 Å². The van der Waals surface area contributed by atoms with E-state index in [9.17, 15) is 0 Å². The van der Waals surface area contributed by atoms with E-state index in [0.29, 0.717) is 12.0 Å². The Morgan fingerprint density at radius 3 is 2.71 bits per heavy atom. The highest BCUT2D eigenvalue weighted by molar-refractivity contribution is 7.99. The van der Waals surface area contributed by atoms with Gasteiger partial charge in [-0.25, -0.2) is 4.98 Å². The smallest absolute Gasteiger partial charge is 0.129 e. The van der Waals surface area contributed by atoms with Crippen molar-refractivity contribution in [2.45, 2.75) is 52.6 Å². The molecular weight excluding hydrogens is 278 g/mol. The standard InChI is InChI=1S/C17H29N3S/c1-13(2)16-10-15(12-18-14(3)4)11-17(19-16)20-6-5-8-21-9-7-20/h10-11,13-14,18H,5-9,12H2,1-4H3. The molecule has 2 heterocycles. The Bertz CT molecular complexity index is 438. The molecule has 21 heavy (non-hydrogen) atoms. The number of anilines is 1. The van der Waals surface area contributed by atoms with Gasteiger partial charge in [0.05, 0.1) is 0 Å². The van der Waals surface area contributed by atoms with Crippen molar-refractivity contribution in [1.29, 1.82) is 0 Å². The molecule has 0 saturated carbocycles. The van der Waals surface area contributed by atoms with Gasteiger partial charge in [-0.1, -0.05) is 27.7 Å². The number of rotatable bonds is 5. The molecule has 1 saturated heterocycles. The van der Waals surface area contributed by atoms with E-state index < -0.39 is 0 Å². The summed E-state index contributed by atoms with van der Waals surface area (Å²) in [4.78, 5) is 7.38. The molecule has 0 spiro atoms. The van der Waals surface area contributed by atoms with Crippen LogP contribution >= 0.6 is 11.8 Å². The lowest BCUT2D eigenvalue weighted by atomic mass is 10.1. The quantitative estimate of drug-likeness (QED) is 0.899. The van der Waals surface area contributed by atoms with Gasteiger partial charge in [-0.05, 0) is 35.8 Å². The Balaban J connectivity index is 2.21. The fourth-order valence-electron chi connectivity index (χ4n) is 2.45. The molecule has 4 heteroatoms. The van der Waals surface area contributed by atoms with Crippen molar-refractivity contribution >= 4 is 17.6 Å². The summed E-state index contributed by atoms with van der Waals surface area (Å²) in [7, 11) is 0. The third-order valence-corrected chi connectivity index (χ3v) is 4.79. The van der Waals surface area contributed by atoms with Crippen LogP contribution in [0.4, 0.5) is 5.82 Å². The second kappa shape index (κ2) is 8.04. The van der Waals surface area contributed by atoms with E-state index in [1.165, 1.54) is 35.0 Å². The summed E-state index contributed by atoms with van der Waals surface area (Å²) in [5.74, 6) is 4.14. The van der Waals surface area contributed by atoms with Crippen LogP contribution in [0.15, 0.2) is 12.1 Å². The van der Waals surface area contributed by atoms with Gasteiger partial charge in [-0.3, -0.25) is 0 Å². The summed E-state index contributed by atoms with van der Waals surface area (Å²) in [6.45, 7) is 12.0. The Labute approximate surface area is 133 Å². The number of aromatic nitrogens is 1. The highest BCUT2D eigenvalue weighted by atomic mass is 32.2. The molecule has 1 aromatic rings. The summed E-state index contributed by atoms with van der Waals surface area (Å²) in [5, 5.41) is 3.52. The van der Waals surface area contributed by atoms with E-state index in [1.54, 1.807) is 0 Å². The SMILES string of the molecule is CC(C)NCc1cc(C(C)C)nc(N2CCCSCC2)c1. The average molecular weight is 308 g/mol. The monoisotopic (exact) mass is 307 g/mol. The van der Waals surface area contributed by atoms with E-state index in [2.05, 4.69) is 61.8 Å². The second-order valence-electron chi connectivity index (χ2n) is 6.40. The van der Waals surface area contributed by atoms with Gasteiger partial charge >= 0.3 is 0 Å². The Hall–Kier alpha value is -0.740. The molecule has 1 aliphatic heterocycles. The molecule has 1 aromatic heterocycles. The molecule has 118 valence electrons. The van der Waals surface area contributed by atoms with Crippen LogP contribution in [-0.4, -0.2) is 35.6 Å². The number of nitrogens with one attached hydrogen (secondary N) is 1. The predicted octanol–water partition coefficient (Wildman–Crippen LogP) is 3.65. The Kier molecular flexibility index (Phi) is 6.37. The normalized spacial score (nSPS) is 16.6. The minimum absolute atomic E-state index is 0.476. The molecule has 2 rings (SSSR count). The van der Waals surface area contributed by atoms with Gasteiger partial charge in [0.25, 0.3) is 0 Å². The molecule has 0 atom stereocenters. The maximum absolute atomic E-state index is 4.91. The lowest BCUT2D eigenvalue weighted by Gasteiger charge is -2.23. The minimum atomic E-state index is 0.476. The number of thioether (sulfide) groups is 1. The second-order valence-corrected chi connectivity index (χ2v) is 7.63. The first kappa shape index (κ1) is 16.6. The van der Waals surface area contributed by atoms with Crippen LogP contribution in [0.2, 0.25) is 0 Å². The summed E-state index contributed by atoms with van der Waals surface area (Å²) >= 11 is 2.06. The predicted molar refractivity (Wildman–Crippen MR) is 94.5 cm³/mol. The van der Waals surface area contributed by atoms with Crippen LogP contribution in [0.3, 0.4) is 0 Å². The zero-order valence-electron chi connectivity index (χ0n) is 13.9. The number of hydrogen-bond acceptors (Lipinski definition) is 4. The summed E-state index contributed by atoms with van der Waals surface area (Å²) in [6.07, 6.45) is 1.26.